The molecule has 0 spiro atoms. The summed E-state index contributed by atoms with van der Waals surface area (Å²) in [4.78, 5) is 25.5. The first kappa shape index (κ1) is 15.3. The summed E-state index contributed by atoms with van der Waals surface area (Å²) >= 11 is 0. The van der Waals surface area contributed by atoms with Gasteiger partial charge in [0.2, 0.25) is 5.91 Å². The second-order valence-electron chi connectivity index (χ2n) is 5.52. The summed E-state index contributed by atoms with van der Waals surface area (Å²) in [5, 5.41) is 21.1. The highest BCUT2D eigenvalue weighted by molar-refractivity contribution is 5.85. The van der Waals surface area contributed by atoms with Gasteiger partial charge in [0, 0.05) is 13.0 Å². The largest absolute Gasteiger partial charge is 0.508 e. The average Bonchev–Trinajstić information content (AvgIpc) is 2.87. The second-order valence-corrected chi connectivity index (χ2v) is 5.52. The van der Waals surface area contributed by atoms with E-state index in [0.29, 0.717) is 6.54 Å². The predicted molar refractivity (Wildman–Crippen MR) is 77.0 cm³/mol. The number of benzene rings is 1. The molecule has 2 atom stereocenters. The quantitative estimate of drug-likeness (QED) is 0.733. The van der Waals surface area contributed by atoms with E-state index in [9.17, 15) is 19.8 Å². The van der Waals surface area contributed by atoms with E-state index in [1.54, 1.807) is 12.1 Å². The van der Waals surface area contributed by atoms with Crippen LogP contribution in [0.1, 0.15) is 12.0 Å². The van der Waals surface area contributed by atoms with Crippen LogP contribution in [0.25, 0.3) is 0 Å². The van der Waals surface area contributed by atoms with Gasteiger partial charge in [0.1, 0.15) is 11.8 Å². The molecule has 2 rings (SSSR count). The molecule has 0 saturated carbocycles. The van der Waals surface area contributed by atoms with Crippen molar-refractivity contribution in [1.29, 1.82) is 0 Å². The number of phenolic OH excluding ortho intramolecular Hbond substituents is 1. The van der Waals surface area contributed by atoms with Crippen LogP contribution in [0, 0.1) is 5.92 Å². The fraction of sp³-hybridized carbons (Fsp3) is 0.467. The maximum atomic E-state index is 12.1. The minimum absolute atomic E-state index is 0.128. The van der Waals surface area contributed by atoms with Gasteiger partial charge in [0.15, 0.2) is 0 Å². The van der Waals surface area contributed by atoms with E-state index in [4.69, 9.17) is 0 Å². The highest BCUT2D eigenvalue weighted by atomic mass is 16.4. The summed E-state index contributed by atoms with van der Waals surface area (Å²) in [5.41, 5.74) is 0.754. The number of carboxylic acid groups (broad SMARTS) is 1. The first-order valence-electron chi connectivity index (χ1n) is 6.95. The van der Waals surface area contributed by atoms with Crippen LogP contribution in [0.5, 0.6) is 5.75 Å². The van der Waals surface area contributed by atoms with Gasteiger partial charge in [0.05, 0.1) is 5.92 Å². The second kappa shape index (κ2) is 6.58. The summed E-state index contributed by atoms with van der Waals surface area (Å²) in [6, 6.07) is 5.36. The van der Waals surface area contributed by atoms with Crippen molar-refractivity contribution in [1.82, 2.24) is 10.2 Å². The molecule has 1 saturated heterocycles. The lowest BCUT2D eigenvalue weighted by Crippen LogP contribution is -2.45. The Morgan fingerprint density at radius 3 is 2.57 bits per heavy atom. The summed E-state index contributed by atoms with van der Waals surface area (Å²) in [7, 11) is 1.94. The number of nitrogens with one attached hydrogen (secondary N) is 1. The predicted octanol–water partition coefficient (Wildman–Crippen LogP) is 0.456. The molecule has 1 unspecified atom stereocenters. The zero-order valence-corrected chi connectivity index (χ0v) is 12.0. The van der Waals surface area contributed by atoms with E-state index in [2.05, 4.69) is 10.2 Å². The van der Waals surface area contributed by atoms with Crippen molar-refractivity contribution in [2.24, 2.45) is 5.92 Å². The van der Waals surface area contributed by atoms with Crippen LogP contribution in [0.3, 0.4) is 0 Å². The molecule has 114 valence electrons. The highest BCUT2D eigenvalue weighted by Gasteiger charge is 2.29. The molecule has 0 radical (unpaired) electrons. The molecule has 1 aromatic rings. The standard InChI is InChI=1S/C15H20N2O4/c1-17-7-6-11(9-17)14(19)16-13(15(20)21)8-10-2-4-12(18)5-3-10/h2-5,11,13,18H,6-9H2,1H3,(H,16,19)(H,20,21)/t11?,13-/m0/s1. The monoisotopic (exact) mass is 292 g/mol. The minimum Gasteiger partial charge on any atom is -0.508 e. The number of phenols is 1. The Hall–Kier alpha value is -2.08. The molecule has 1 aliphatic heterocycles. The number of likely N-dealkylation sites (tertiary alicyclic amines) is 1. The maximum absolute atomic E-state index is 12.1. The molecular formula is C15H20N2O4. The number of carbonyl (C=O) groups excluding carboxylic acids is 1. The fourth-order valence-electron chi connectivity index (χ4n) is 2.51. The van der Waals surface area contributed by atoms with Gasteiger partial charge in [-0.25, -0.2) is 4.79 Å². The lowest BCUT2D eigenvalue weighted by atomic mass is 10.0. The molecule has 0 aliphatic carbocycles. The highest BCUT2D eigenvalue weighted by Crippen LogP contribution is 2.15. The number of amides is 1. The van der Waals surface area contributed by atoms with Crippen LogP contribution in [-0.2, 0) is 16.0 Å². The number of nitrogens with zero attached hydrogens (tertiary/aromatic N) is 1. The Morgan fingerprint density at radius 1 is 1.38 bits per heavy atom. The molecule has 1 aromatic carbocycles. The molecule has 3 N–H and O–H groups in total. The Morgan fingerprint density at radius 2 is 2.05 bits per heavy atom. The Labute approximate surface area is 123 Å². The van der Waals surface area contributed by atoms with E-state index < -0.39 is 12.0 Å². The van der Waals surface area contributed by atoms with E-state index in [0.717, 1.165) is 18.5 Å². The molecule has 0 aromatic heterocycles. The Balaban J connectivity index is 1.97. The zero-order chi connectivity index (χ0) is 15.4. The average molecular weight is 292 g/mol. The number of aromatic hydroxyl groups is 1. The van der Waals surface area contributed by atoms with Crippen molar-refractivity contribution < 1.29 is 19.8 Å². The van der Waals surface area contributed by atoms with Crippen LogP contribution in [0.2, 0.25) is 0 Å². The number of carboxylic acids is 1. The number of hydrogen-bond acceptors (Lipinski definition) is 4. The maximum Gasteiger partial charge on any atom is 0.326 e. The van der Waals surface area contributed by atoms with Gasteiger partial charge in [-0.3, -0.25) is 4.79 Å². The van der Waals surface area contributed by atoms with Gasteiger partial charge in [-0.15, -0.1) is 0 Å². The molecule has 21 heavy (non-hydrogen) atoms. The third-order valence-electron chi connectivity index (χ3n) is 3.75. The van der Waals surface area contributed by atoms with Crippen LogP contribution in [0.4, 0.5) is 0 Å². The fourth-order valence-corrected chi connectivity index (χ4v) is 2.51. The van der Waals surface area contributed by atoms with Gasteiger partial charge >= 0.3 is 5.97 Å². The van der Waals surface area contributed by atoms with Gasteiger partial charge in [-0.1, -0.05) is 12.1 Å². The van der Waals surface area contributed by atoms with Crippen LogP contribution in [0.15, 0.2) is 24.3 Å². The van der Waals surface area contributed by atoms with Gasteiger partial charge in [-0.05, 0) is 37.7 Å². The van der Waals surface area contributed by atoms with E-state index in [-0.39, 0.29) is 24.0 Å². The van der Waals surface area contributed by atoms with Gasteiger partial charge < -0.3 is 20.4 Å². The van der Waals surface area contributed by atoms with Crippen molar-refractivity contribution in [2.45, 2.75) is 18.9 Å². The summed E-state index contributed by atoms with van der Waals surface area (Å²) in [6.45, 7) is 1.52. The Bertz CT molecular complexity index is 515. The van der Waals surface area contributed by atoms with Gasteiger partial charge in [0.25, 0.3) is 0 Å². The number of aliphatic carboxylic acids is 1. The lowest BCUT2D eigenvalue weighted by molar-refractivity contribution is -0.142. The number of hydrogen-bond donors (Lipinski definition) is 3. The minimum atomic E-state index is -1.05. The topological polar surface area (TPSA) is 89.9 Å². The molecule has 1 amide bonds. The molecule has 1 fully saturated rings. The molecule has 1 aliphatic rings. The normalized spacial score (nSPS) is 20.1. The summed E-state index contributed by atoms with van der Waals surface area (Å²) in [5.74, 6) is -1.27. The van der Waals surface area contributed by atoms with Crippen molar-refractivity contribution in [2.75, 3.05) is 20.1 Å². The third kappa shape index (κ3) is 4.19. The van der Waals surface area contributed by atoms with E-state index >= 15 is 0 Å². The molecular weight excluding hydrogens is 272 g/mol. The van der Waals surface area contributed by atoms with Crippen molar-refractivity contribution in [3.8, 4) is 5.75 Å². The first-order valence-corrected chi connectivity index (χ1v) is 6.95. The molecule has 1 heterocycles. The van der Waals surface area contributed by atoms with Crippen LogP contribution in [-0.4, -0.2) is 53.2 Å². The van der Waals surface area contributed by atoms with Crippen LogP contribution < -0.4 is 5.32 Å². The van der Waals surface area contributed by atoms with Crippen molar-refractivity contribution in [3.63, 3.8) is 0 Å². The van der Waals surface area contributed by atoms with E-state index in [1.807, 2.05) is 7.05 Å². The number of carbonyl (C=O) groups is 2. The van der Waals surface area contributed by atoms with Crippen molar-refractivity contribution >= 4 is 11.9 Å². The summed E-state index contributed by atoms with van der Waals surface area (Å²) in [6.07, 6.45) is 0.956. The van der Waals surface area contributed by atoms with Crippen LogP contribution >= 0.6 is 0 Å². The Kier molecular flexibility index (Phi) is 4.80. The van der Waals surface area contributed by atoms with E-state index in [1.165, 1.54) is 12.1 Å². The zero-order valence-electron chi connectivity index (χ0n) is 12.0. The molecule has 6 nitrogen and oxygen atoms in total. The SMILES string of the molecule is CN1CCC(C(=O)N[C@@H](Cc2ccc(O)cc2)C(=O)O)C1. The smallest absolute Gasteiger partial charge is 0.326 e. The first-order chi connectivity index (χ1) is 9.95. The summed E-state index contributed by atoms with van der Waals surface area (Å²) < 4.78 is 0. The molecule has 6 heteroatoms. The van der Waals surface area contributed by atoms with Gasteiger partial charge in [-0.2, -0.15) is 0 Å². The lowest BCUT2D eigenvalue weighted by Gasteiger charge is -2.17. The van der Waals surface area contributed by atoms with Crippen molar-refractivity contribution in [3.05, 3.63) is 29.8 Å². The third-order valence-corrected chi connectivity index (χ3v) is 3.75. The number of rotatable bonds is 5. The molecule has 0 bridgehead atoms.